The van der Waals surface area contributed by atoms with Crippen LogP contribution in [0, 0.1) is 6.92 Å². The van der Waals surface area contributed by atoms with E-state index in [4.69, 9.17) is 11.6 Å². The highest BCUT2D eigenvalue weighted by molar-refractivity contribution is 6.32. The van der Waals surface area contributed by atoms with Crippen molar-refractivity contribution in [1.29, 1.82) is 0 Å². The SMILES string of the molecule is Cc1nn(-c2ccccc2)c(Cl)c1/C=N\NC(=O)CNC(=O)c1ccncc1. The Kier molecular flexibility index (Phi) is 6.13. The van der Waals surface area contributed by atoms with Gasteiger partial charge < -0.3 is 5.32 Å². The molecule has 0 unspecified atom stereocenters. The summed E-state index contributed by atoms with van der Waals surface area (Å²) in [7, 11) is 0. The molecule has 2 heterocycles. The highest BCUT2D eigenvalue weighted by Gasteiger charge is 2.13. The Balaban J connectivity index is 1.58. The Bertz CT molecular complexity index is 1000. The first-order valence-electron chi connectivity index (χ1n) is 8.37. The number of hydrogen-bond acceptors (Lipinski definition) is 5. The maximum atomic E-state index is 11.9. The summed E-state index contributed by atoms with van der Waals surface area (Å²) in [6.07, 6.45) is 4.43. The van der Waals surface area contributed by atoms with E-state index in [1.807, 2.05) is 30.3 Å². The number of para-hydroxylation sites is 1. The standard InChI is InChI=1S/C19H17ClN6O2/c1-13-16(18(20)26(25-13)15-5-3-2-4-6-15)11-23-24-17(27)12-22-19(28)14-7-9-21-10-8-14/h2-11H,12H2,1H3,(H,22,28)(H,24,27)/b23-11-. The zero-order chi connectivity index (χ0) is 19.9. The van der Waals surface area contributed by atoms with Crippen LogP contribution in [0.1, 0.15) is 21.6 Å². The van der Waals surface area contributed by atoms with Gasteiger partial charge in [0.2, 0.25) is 0 Å². The Morgan fingerprint density at radius 2 is 1.89 bits per heavy atom. The molecule has 8 nitrogen and oxygen atoms in total. The Hall–Kier alpha value is -3.52. The van der Waals surface area contributed by atoms with Gasteiger partial charge in [0.15, 0.2) is 0 Å². The molecule has 3 rings (SSSR count). The first kappa shape index (κ1) is 19.2. The van der Waals surface area contributed by atoms with Crippen LogP contribution in [-0.4, -0.2) is 39.3 Å². The normalized spacial score (nSPS) is 10.8. The lowest BCUT2D eigenvalue weighted by atomic mass is 10.2. The van der Waals surface area contributed by atoms with Gasteiger partial charge in [0.25, 0.3) is 11.8 Å². The van der Waals surface area contributed by atoms with Crippen LogP contribution in [0.3, 0.4) is 0 Å². The molecule has 0 saturated heterocycles. The molecular formula is C19H17ClN6O2. The fourth-order valence-corrected chi connectivity index (χ4v) is 2.69. The van der Waals surface area contributed by atoms with Crippen molar-refractivity contribution in [1.82, 2.24) is 25.5 Å². The third-order valence-corrected chi connectivity index (χ3v) is 4.15. The number of aromatic nitrogens is 3. The zero-order valence-electron chi connectivity index (χ0n) is 15.0. The summed E-state index contributed by atoms with van der Waals surface area (Å²) in [5, 5.41) is 11.2. The van der Waals surface area contributed by atoms with Crippen LogP contribution in [-0.2, 0) is 4.79 Å². The molecule has 0 spiro atoms. The van der Waals surface area contributed by atoms with Gasteiger partial charge in [-0.25, -0.2) is 10.1 Å². The molecule has 28 heavy (non-hydrogen) atoms. The summed E-state index contributed by atoms with van der Waals surface area (Å²) < 4.78 is 1.59. The summed E-state index contributed by atoms with van der Waals surface area (Å²) in [5.41, 5.74) is 4.84. The molecule has 0 atom stereocenters. The van der Waals surface area contributed by atoms with Crippen molar-refractivity contribution in [3.8, 4) is 5.69 Å². The van der Waals surface area contributed by atoms with Crippen LogP contribution in [0.2, 0.25) is 5.15 Å². The summed E-state index contributed by atoms with van der Waals surface area (Å²) in [6.45, 7) is 1.58. The van der Waals surface area contributed by atoms with Gasteiger partial charge in [0, 0.05) is 18.0 Å². The Morgan fingerprint density at radius 1 is 1.18 bits per heavy atom. The van der Waals surface area contributed by atoms with Crippen molar-refractivity contribution in [2.24, 2.45) is 5.10 Å². The fourth-order valence-electron chi connectivity index (χ4n) is 2.37. The highest BCUT2D eigenvalue weighted by Crippen LogP contribution is 2.21. The van der Waals surface area contributed by atoms with E-state index in [1.54, 1.807) is 23.7 Å². The Labute approximate surface area is 166 Å². The number of aryl methyl sites for hydroxylation is 1. The van der Waals surface area contributed by atoms with Crippen LogP contribution < -0.4 is 10.7 Å². The number of halogens is 1. The van der Waals surface area contributed by atoms with Crippen molar-refractivity contribution in [2.45, 2.75) is 6.92 Å². The van der Waals surface area contributed by atoms with Gasteiger partial charge >= 0.3 is 0 Å². The maximum Gasteiger partial charge on any atom is 0.259 e. The molecule has 2 amide bonds. The van der Waals surface area contributed by atoms with Crippen LogP contribution in [0.25, 0.3) is 5.69 Å². The number of pyridine rings is 1. The third-order valence-electron chi connectivity index (χ3n) is 3.78. The lowest BCUT2D eigenvalue weighted by Gasteiger charge is -2.03. The number of benzene rings is 1. The molecule has 0 saturated carbocycles. The quantitative estimate of drug-likeness (QED) is 0.492. The van der Waals surface area contributed by atoms with Gasteiger partial charge in [0.05, 0.1) is 29.7 Å². The van der Waals surface area contributed by atoms with Crippen molar-refractivity contribution in [3.05, 3.63) is 76.8 Å². The second-order valence-corrected chi connectivity index (χ2v) is 6.11. The summed E-state index contributed by atoms with van der Waals surface area (Å²) >= 11 is 6.38. The molecular weight excluding hydrogens is 380 g/mol. The average molecular weight is 397 g/mol. The molecule has 0 radical (unpaired) electrons. The minimum absolute atomic E-state index is 0.214. The molecule has 1 aromatic carbocycles. The van der Waals surface area contributed by atoms with Gasteiger partial charge in [-0.15, -0.1) is 0 Å². The van der Waals surface area contributed by atoms with Crippen LogP contribution in [0.5, 0.6) is 0 Å². The van der Waals surface area contributed by atoms with Crippen molar-refractivity contribution >= 4 is 29.6 Å². The summed E-state index contributed by atoms with van der Waals surface area (Å²) in [4.78, 5) is 27.6. The molecule has 0 aliphatic carbocycles. The van der Waals surface area contributed by atoms with Crippen LogP contribution in [0.4, 0.5) is 0 Å². The number of nitrogens with zero attached hydrogens (tertiary/aromatic N) is 4. The van der Waals surface area contributed by atoms with Crippen molar-refractivity contribution in [2.75, 3.05) is 6.54 Å². The molecule has 2 aromatic heterocycles. The summed E-state index contributed by atoms with van der Waals surface area (Å²) in [5.74, 6) is -0.840. The smallest absolute Gasteiger partial charge is 0.259 e. The third kappa shape index (κ3) is 4.60. The number of nitrogens with one attached hydrogen (secondary N) is 2. The van der Waals surface area contributed by atoms with Gasteiger partial charge in [0.1, 0.15) is 5.15 Å². The fraction of sp³-hybridized carbons (Fsp3) is 0.105. The van der Waals surface area contributed by atoms with Crippen LogP contribution in [0.15, 0.2) is 60.0 Å². The van der Waals surface area contributed by atoms with Gasteiger partial charge in [-0.05, 0) is 31.2 Å². The second-order valence-electron chi connectivity index (χ2n) is 5.75. The molecule has 9 heteroatoms. The number of hydrazone groups is 1. The average Bonchev–Trinajstić information content (AvgIpc) is 3.01. The predicted octanol–water partition coefficient (Wildman–Crippen LogP) is 2.11. The molecule has 3 aromatic rings. The number of carbonyl (C=O) groups is 2. The van der Waals surface area contributed by atoms with Gasteiger partial charge in [-0.1, -0.05) is 29.8 Å². The zero-order valence-corrected chi connectivity index (χ0v) is 15.7. The van der Waals surface area contributed by atoms with E-state index in [-0.39, 0.29) is 12.5 Å². The topological polar surface area (TPSA) is 101 Å². The van der Waals surface area contributed by atoms with Crippen LogP contribution >= 0.6 is 11.6 Å². The first-order chi connectivity index (χ1) is 13.6. The number of amides is 2. The van der Waals surface area contributed by atoms with Crippen molar-refractivity contribution in [3.63, 3.8) is 0 Å². The first-order valence-corrected chi connectivity index (χ1v) is 8.74. The van der Waals surface area contributed by atoms with Crippen molar-refractivity contribution < 1.29 is 9.59 Å². The van der Waals surface area contributed by atoms with E-state index in [2.05, 4.69) is 25.9 Å². The minimum Gasteiger partial charge on any atom is -0.343 e. The summed E-state index contributed by atoms with van der Waals surface area (Å²) in [6, 6.07) is 12.5. The molecule has 142 valence electrons. The number of hydrogen-bond donors (Lipinski definition) is 2. The van der Waals surface area contributed by atoms with E-state index in [0.29, 0.717) is 22.0 Å². The monoisotopic (exact) mass is 396 g/mol. The van der Waals surface area contributed by atoms with Gasteiger partial charge in [-0.2, -0.15) is 10.2 Å². The number of rotatable bonds is 6. The van der Waals surface area contributed by atoms with E-state index in [9.17, 15) is 9.59 Å². The molecule has 0 aliphatic rings. The lowest BCUT2D eigenvalue weighted by molar-refractivity contribution is -0.120. The molecule has 0 bridgehead atoms. The number of carbonyl (C=O) groups excluding carboxylic acids is 2. The van der Waals surface area contributed by atoms with E-state index in [0.717, 1.165) is 5.69 Å². The predicted molar refractivity (Wildman–Crippen MR) is 106 cm³/mol. The minimum atomic E-state index is -0.470. The van der Waals surface area contributed by atoms with E-state index in [1.165, 1.54) is 18.6 Å². The largest absolute Gasteiger partial charge is 0.343 e. The van der Waals surface area contributed by atoms with E-state index < -0.39 is 5.91 Å². The molecule has 0 aliphatic heterocycles. The van der Waals surface area contributed by atoms with Gasteiger partial charge in [-0.3, -0.25) is 14.6 Å². The molecule has 0 fully saturated rings. The van der Waals surface area contributed by atoms with E-state index >= 15 is 0 Å². The molecule has 2 N–H and O–H groups in total. The second kappa shape index (κ2) is 8.92. The lowest BCUT2D eigenvalue weighted by Crippen LogP contribution is -2.34. The Morgan fingerprint density at radius 3 is 2.61 bits per heavy atom. The maximum absolute atomic E-state index is 11.9. The highest BCUT2D eigenvalue weighted by atomic mass is 35.5.